The van der Waals surface area contributed by atoms with Crippen LogP contribution in [0.2, 0.25) is 0 Å². The van der Waals surface area contributed by atoms with Crippen LogP contribution in [-0.2, 0) is 16.0 Å². The Morgan fingerprint density at radius 2 is 1.59 bits per heavy atom. The molecule has 1 fully saturated rings. The van der Waals surface area contributed by atoms with Gasteiger partial charge in [0.1, 0.15) is 0 Å². The summed E-state index contributed by atoms with van der Waals surface area (Å²) >= 11 is 0. The number of fused-ring (bicyclic) bond motifs is 1. The lowest BCUT2D eigenvalue weighted by molar-refractivity contribution is -0.131. The van der Waals surface area contributed by atoms with E-state index in [0.717, 1.165) is 36.0 Å². The Balaban J connectivity index is 1.56. The van der Waals surface area contributed by atoms with Gasteiger partial charge in [-0.25, -0.2) is 0 Å². The SMILES string of the molecule is CC(=O)C(=O)C1=CC(C)c2cc(C)c(C(=O)C3CC(C)C(Cc4ccc(C)cc4)C[C@H]3C)cc21. The third kappa shape index (κ3) is 4.58. The number of allylic oxidation sites excluding steroid dienone is 2. The molecule has 0 N–H and O–H groups in total. The molecule has 0 radical (unpaired) electrons. The van der Waals surface area contributed by atoms with Crippen LogP contribution in [0.15, 0.2) is 42.5 Å². The zero-order valence-electron chi connectivity index (χ0n) is 21.3. The van der Waals surface area contributed by atoms with Crippen molar-refractivity contribution in [3.8, 4) is 0 Å². The quantitative estimate of drug-likeness (QED) is 0.360. The Morgan fingerprint density at radius 3 is 2.24 bits per heavy atom. The summed E-state index contributed by atoms with van der Waals surface area (Å²) in [7, 11) is 0. The molecule has 2 aromatic rings. The molecule has 34 heavy (non-hydrogen) atoms. The number of ketones is 3. The van der Waals surface area contributed by atoms with Crippen LogP contribution in [0.5, 0.6) is 0 Å². The maximum Gasteiger partial charge on any atom is 0.228 e. The summed E-state index contributed by atoms with van der Waals surface area (Å²) in [5, 5.41) is 0. The predicted molar refractivity (Wildman–Crippen MR) is 137 cm³/mol. The highest BCUT2D eigenvalue weighted by Gasteiger charge is 2.38. The highest BCUT2D eigenvalue weighted by atomic mass is 16.2. The van der Waals surface area contributed by atoms with E-state index in [9.17, 15) is 14.4 Å². The first kappa shape index (κ1) is 24.3. The van der Waals surface area contributed by atoms with Gasteiger partial charge < -0.3 is 0 Å². The largest absolute Gasteiger partial charge is 0.294 e. The fourth-order valence-corrected chi connectivity index (χ4v) is 6.00. The van der Waals surface area contributed by atoms with Crippen LogP contribution in [0.3, 0.4) is 0 Å². The molecule has 2 aliphatic rings. The minimum atomic E-state index is -0.466. The molecule has 0 bridgehead atoms. The average molecular weight is 457 g/mol. The molecule has 5 atom stereocenters. The lowest BCUT2D eigenvalue weighted by atomic mass is 9.65. The Hall–Kier alpha value is -2.81. The maximum absolute atomic E-state index is 13.8. The number of hydrogen-bond acceptors (Lipinski definition) is 3. The Labute approximate surface area is 203 Å². The number of aryl methyl sites for hydroxylation is 2. The van der Waals surface area contributed by atoms with Crippen molar-refractivity contribution in [2.24, 2.45) is 23.7 Å². The summed E-state index contributed by atoms with van der Waals surface area (Å²) in [6, 6.07) is 12.7. The molecule has 2 aliphatic carbocycles. The fourth-order valence-electron chi connectivity index (χ4n) is 6.00. The smallest absolute Gasteiger partial charge is 0.228 e. The van der Waals surface area contributed by atoms with Gasteiger partial charge in [-0.2, -0.15) is 0 Å². The molecule has 0 aliphatic heterocycles. The van der Waals surface area contributed by atoms with E-state index in [4.69, 9.17) is 0 Å². The van der Waals surface area contributed by atoms with Crippen molar-refractivity contribution < 1.29 is 14.4 Å². The van der Waals surface area contributed by atoms with E-state index in [1.807, 2.05) is 32.1 Å². The zero-order valence-corrected chi connectivity index (χ0v) is 21.3. The summed E-state index contributed by atoms with van der Waals surface area (Å²) in [6.45, 7) is 11.9. The zero-order chi connectivity index (χ0) is 24.7. The molecule has 0 aromatic heterocycles. The molecule has 4 unspecified atom stereocenters. The van der Waals surface area contributed by atoms with Crippen molar-refractivity contribution in [2.75, 3.05) is 0 Å². The topological polar surface area (TPSA) is 51.2 Å². The van der Waals surface area contributed by atoms with Crippen molar-refractivity contribution in [1.29, 1.82) is 0 Å². The summed E-state index contributed by atoms with van der Waals surface area (Å²) in [4.78, 5) is 38.1. The van der Waals surface area contributed by atoms with Gasteiger partial charge in [0, 0.05) is 29.9 Å². The van der Waals surface area contributed by atoms with Crippen molar-refractivity contribution in [1.82, 2.24) is 0 Å². The van der Waals surface area contributed by atoms with Crippen molar-refractivity contribution in [3.63, 3.8) is 0 Å². The molecule has 4 rings (SSSR count). The molecule has 0 saturated heterocycles. The van der Waals surface area contributed by atoms with Crippen LogP contribution >= 0.6 is 0 Å². The van der Waals surface area contributed by atoms with E-state index >= 15 is 0 Å². The monoisotopic (exact) mass is 456 g/mol. The summed E-state index contributed by atoms with van der Waals surface area (Å²) in [6.07, 6.45) is 4.85. The van der Waals surface area contributed by atoms with E-state index in [2.05, 4.69) is 45.0 Å². The lowest BCUT2D eigenvalue weighted by Gasteiger charge is -2.38. The number of carbonyl (C=O) groups is 3. The molecular weight excluding hydrogens is 420 g/mol. The Bertz CT molecular complexity index is 1170. The van der Waals surface area contributed by atoms with E-state index in [1.54, 1.807) is 0 Å². The van der Waals surface area contributed by atoms with E-state index in [0.29, 0.717) is 28.9 Å². The molecule has 178 valence electrons. The molecule has 2 aromatic carbocycles. The predicted octanol–water partition coefficient (Wildman–Crippen LogP) is 6.69. The molecule has 1 saturated carbocycles. The molecule has 3 heteroatoms. The van der Waals surface area contributed by atoms with Gasteiger partial charge in [0.15, 0.2) is 11.6 Å². The van der Waals surface area contributed by atoms with Gasteiger partial charge in [0.2, 0.25) is 5.78 Å². The highest BCUT2D eigenvalue weighted by Crippen LogP contribution is 2.43. The summed E-state index contributed by atoms with van der Waals surface area (Å²) in [5.41, 5.74) is 6.56. The van der Waals surface area contributed by atoms with Gasteiger partial charge in [-0.15, -0.1) is 0 Å². The first-order valence-electron chi connectivity index (χ1n) is 12.6. The van der Waals surface area contributed by atoms with Gasteiger partial charge in [0.05, 0.1) is 0 Å². The van der Waals surface area contributed by atoms with E-state index in [-0.39, 0.29) is 17.6 Å². The standard InChI is InChI=1S/C31H36O3/c1-17-7-9-23(10-8-17)15-24-11-19(3)26(12-18(24)2)31(34)27-16-28-25(13-21(27)5)20(4)14-29(28)30(33)22(6)32/h7-10,13-14,16,18-20,24,26H,11-12,15H2,1-6H3/t18?,19-,20?,24?,26?/m1/s1. The Morgan fingerprint density at radius 1 is 0.912 bits per heavy atom. The van der Waals surface area contributed by atoms with Crippen molar-refractivity contribution in [2.45, 2.75) is 66.7 Å². The number of carbonyl (C=O) groups excluding carboxylic acids is 3. The normalized spacial score (nSPS) is 26.1. The lowest BCUT2D eigenvalue weighted by Crippen LogP contribution is -2.35. The number of benzene rings is 2. The fraction of sp³-hybridized carbons (Fsp3) is 0.452. The minimum Gasteiger partial charge on any atom is -0.294 e. The van der Waals surface area contributed by atoms with Gasteiger partial charge in [-0.05, 0) is 79.2 Å². The minimum absolute atomic E-state index is 0.0178. The van der Waals surface area contributed by atoms with Crippen LogP contribution in [0.1, 0.15) is 84.6 Å². The van der Waals surface area contributed by atoms with E-state index in [1.165, 1.54) is 18.1 Å². The molecule has 0 spiro atoms. The molecule has 0 amide bonds. The van der Waals surface area contributed by atoms with Crippen LogP contribution in [0.25, 0.3) is 5.57 Å². The third-order valence-electron chi connectivity index (χ3n) is 8.17. The molecule has 3 nitrogen and oxygen atoms in total. The second kappa shape index (κ2) is 9.44. The Kier molecular flexibility index (Phi) is 6.75. The maximum atomic E-state index is 13.8. The highest BCUT2D eigenvalue weighted by molar-refractivity contribution is 6.53. The summed E-state index contributed by atoms with van der Waals surface area (Å²) in [5.74, 6) is 0.647. The van der Waals surface area contributed by atoms with Gasteiger partial charge >= 0.3 is 0 Å². The van der Waals surface area contributed by atoms with Crippen LogP contribution in [-0.4, -0.2) is 17.3 Å². The van der Waals surface area contributed by atoms with Gasteiger partial charge in [-0.1, -0.05) is 62.7 Å². The first-order valence-corrected chi connectivity index (χ1v) is 12.6. The van der Waals surface area contributed by atoms with Gasteiger partial charge in [0.25, 0.3) is 0 Å². The number of hydrogen-bond donors (Lipinski definition) is 0. The van der Waals surface area contributed by atoms with Crippen molar-refractivity contribution >= 4 is 22.9 Å². The summed E-state index contributed by atoms with van der Waals surface area (Å²) < 4.78 is 0. The molecule has 0 heterocycles. The average Bonchev–Trinajstić information content (AvgIpc) is 3.11. The second-order valence-corrected chi connectivity index (χ2v) is 10.9. The molecular formula is C31H36O3. The van der Waals surface area contributed by atoms with Crippen molar-refractivity contribution in [3.05, 3.63) is 75.9 Å². The number of rotatable bonds is 6. The van der Waals surface area contributed by atoms with Gasteiger partial charge in [-0.3, -0.25) is 14.4 Å². The second-order valence-electron chi connectivity index (χ2n) is 10.9. The van der Waals surface area contributed by atoms with Crippen LogP contribution in [0.4, 0.5) is 0 Å². The van der Waals surface area contributed by atoms with Crippen LogP contribution < -0.4 is 0 Å². The van der Waals surface area contributed by atoms with E-state index < -0.39 is 11.6 Å². The number of Topliss-reactive ketones (excluding diaryl/α,β-unsaturated/α-hetero) is 3. The van der Waals surface area contributed by atoms with Crippen LogP contribution in [0, 0.1) is 37.5 Å². The third-order valence-corrected chi connectivity index (χ3v) is 8.17. The first-order chi connectivity index (χ1) is 16.1.